The Labute approximate surface area is 163 Å². The second kappa shape index (κ2) is 8.55. The van der Waals surface area contributed by atoms with Crippen molar-refractivity contribution in [2.45, 2.75) is 6.92 Å². The minimum absolute atomic E-state index is 0.577. The molecule has 0 unspecified atom stereocenters. The van der Waals surface area contributed by atoms with Gasteiger partial charge in [-0.2, -0.15) is 5.26 Å². The lowest BCUT2D eigenvalue weighted by atomic mass is 10.0. The number of rotatable bonds is 5. The summed E-state index contributed by atoms with van der Waals surface area (Å²) in [6.07, 6.45) is 1.86. The molecule has 0 N–H and O–H groups in total. The standard InChI is InChI=1S/C18H15I2NO2/c1-3-23-18-16(20)9-12(10-17(18)22-2)8-14(11-21)13-4-6-15(19)7-5-13/h4-10H,3H2,1-2H3/b14-8-. The van der Waals surface area contributed by atoms with Crippen LogP contribution in [0.15, 0.2) is 36.4 Å². The lowest BCUT2D eigenvalue weighted by Crippen LogP contribution is -1.98. The maximum Gasteiger partial charge on any atom is 0.174 e. The Morgan fingerprint density at radius 2 is 1.91 bits per heavy atom. The molecule has 0 heterocycles. The maximum absolute atomic E-state index is 9.47. The first-order valence-corrected chi connectivity index (χ1v) is 9.12. The van der Waals surface area contributed by atoms with Crippen LogP contribution >= 0.6 is 45.2 Å². The van der Waals surface area contributed by atoms with Crippen LogP contribution in [0.4, 0.5) is 0 Å². The molecule has 0 saturated heterocycles. The zero-order valence-corrected chi connectivity index (χ0v) is 17.1. The number of hydrogen-bond acceptors (Lipinski definition) is 3. The van der Waals surface area contributed by atoms with Crippen molar-refractivity contribution in [3.63, 3.8) is 0 Å². The van der Waals surface area contributed by atoms with Gasteiger partial charge in [0.05, 0.1) is 28.9 Å². The van der Waals surface area contributed by atoms with E-state index in [0.29, 0.717) is 17.9 Å². The van der Waals surface area contributed by atoms with Crippen molar-refractivity contribution in [3.05, 3.63) is 54.7 Å². The molecule has 0 amide bonds. The smallest absolute Gasteiger partial charge is 0.174 e. The summed E-state index contributed by atoms with van der Waals surface area (Å²) in [6, 6.07) is 14.0. The highest BCUT2D eigenvalue weighted by atomic mass is 127. The number of nitrogens with zero attached hydrogens (tertiary/aromatic N) is 1. The third-order valence-electron chi connectivity index (χ3n) is 3.13. The second-order valence-corrected chi connectivity index (χ2v) is 7.05. The molecule has 0 saturated carbocycles. The van der Waals surface area contributed by atoms with Gasteiger partial charge in [0.1, 0.15) is 0 Å². The Morgan fingerprint density at radius 1 is 1.22 bits per heavy atom. The Bertz CT molecular complexity index is 762. The van der Waals surface area contributed by atoms with Crippen LogP contribution < -0.4 is 9.47 Å². The van der Waals surface area contributed by atoms with Crippen LogP contribution in [-0.4, -0.2) is 13.7 Å². The summed E-state index contributed by atoms with van der Waals surface area (Å²) in [6.45, 7) is 2.52. The highest BCUT2D eigenvalue weighted by molar-refractivity contribution is 14.1. The fourth-order valence-corrected chi connectivity index (χ4v) is 3.22. The quantitative estimate of drug-likeness (QED) is 0.296. The van der Waals surface area contributed by atoms with E-state index in [9.17, 15) is 5.26 Å². The van der Waals surface area contributed by atoms with Crippen LogP contribution in [0.1, 0.15) is 18.1 Å². The predicted octanol–water partition coefficient (Wildman–Crippen LogP) is 5.37. The Hall–Kier alpha value is -1.27. The molecule has 0 aromatic heterocycles. The molecule has 118 valence electrons. The van der Waals surface area contributed by atoms with Gasteiger partial charge >= 0.3 is 0 Å². The van der Waals surface area contributed by atoms with Crippen molar-refractivity contribution >= 4 is 56.8 Å². The zero-order valence-electron chi connectivity index (χ0n) is 12.8. The SMILES string of the molecule is CCOc1c(I)cc(/C=C(/C#N)c2ccc(I)cc2)cc1OC. The number of halogens is 2. The third-order valence-corrected chi connectivity index (χ3v) is 4.65. The first-order valence-electron chi connectivity index (χ1n) is 6.97. The van der Waals surface area contributed by atoms with E-state index >= 15 is 0 Å². The largest absolute Gasteiger partial charge is 0.493 e. The van der Waals surface area contributed by atoms with Crippen LogP contribution in [0.25, 0.3) is 11.6 Å². The molecular formula is C18H15I2NO2. The van der Waals surface area contributed by atoms with Gasteiger partial charge in [-0.1, -0.05) is 12.1 Å². The molecule has 0 radical (unpaired) electrons. The topological polar surface area (TPSA) is 42.2 Å². The highest BCUT2D eigenvalue weighted by Crippen LogP contribution is 2.35. The number of nitriles is 1. The minimum atomic E-state index is 0.577. The molecule has 0 bridgehead atoms. The zero-order chi connectivity index (χ0) is 16.8. The maximum atomic E-state index is 9.47. The van der Waals surface area contributed by atoms with Crippen molar-refractivity contribution in [1.82, 2.24) is 0 Å². The van der Waals surface area contributed by atoms with Gasteiger partial charge in [-0.05, 0) is 93.6 Å². The number of allylic oxidation sites excluding steroid dienone is 1. The monoisotopic (exact) mass is 531 g/mol. The fraction of sp³-hybridized carbons (Fsp3) is 0.167. The third kappa shape index (κ3) is 4.61. The van der Waals surface area contributed by atoms with Crippen molar-refractivity contribution in [2.24, 2.45) is 0 Å². The predicted molar refractivity (Wildman–Crippen MR) is 110 cm³/mol. The average Bonchev–Trinajstić information content (AvgIpc) is 2.55. The van der Waals surface area contributed by atoms with Gasteiger partial charge < -0.3 is 9.47 Å². The van der Waals surface area contributed by atoms with E-state index in [1.165, 1.54) is 0 Å². The summed E-state index contributed by atoms with van der Waals surface area (Å²) in [7, 11) is 1.62. The number of benzene rings is 2. The Morgan fingerprint density at radius 3 is 2.48 bits per heavy atom. The molecule has 2 aromatic rings. The van der Waals surface area contributed by atoms with Crippen LogP contribution in [-0.2, 0) is 0 Å². The van der Waals surface area contributed by atoms with Gasteiger partial charge in [-0.25, -0.2) is 0 Å². The van der Waals surface area contributed by atoms with Crippen LogP contribution in [0.3, 0.4) is 0 Å². The second-order valence-electron chi connectivity index (χ2n) is 4.64. The van der Waals surface area contributed by atoms with E-state index in [2.05, 4.69) is 51.3 Å². The molecule has 3 nitrogen and oxygen atoms in total. The van der Waals surface area contributed by atoms with Gasteiger partial charge in [0, 0.05) is 3.57 Å². The van der Waals surface area contributed by atoms with E-state index in [1.807, 2.05) is 49.4 Å². The van der Waals surface area contributed by atoms with Crippen LogP contribution in [0.5, 0.6) is 11.5 Å². The molecule has 0 aliphatic heterocycles. The first kappa shape index (κ1) is 18.1. The summed E-state index contributed by atoms with van der Waals surface area (Å²) in [5.41, 5.74) is 2.42. The molecule has 0 spiro atoms. The van der Waals surface area contributed by atoms with Crippen LogP contribution in [0, 0.1) is 18.5 Å². The summed E-state index contributed by atoms with van der Waals surface area (Å²) in [5, 5.41) is 9.47. The van der Waals surface area contributed by atoms with Crippen molar-refractivity contribution < 1.29 is 9.47 Å². The summed E-state index contributed by atoms with van der Waals surface area (Å²) >= 11 is 4.46. The van der Waals surface area contributed by atoms with E-state index in [0.717, 1.165) is 24.0 Å². The summed E-state index contributed by atoms with van der Waals surface area (Å²) in [5.74, 6) is 1.41. The van der Waals surface area contributed by atoms with Crippen molar-refractivity contribution in [1.29, 1.82) is 5.26 Å². The van der Waals surface area contributed by atoms with E-state index in [4.69, 9.17) is 9.47 Å². The van der Waals surface area contributed by atoms with Gasteiger partial charge in [0.15, 0.2) is 11.5 Å². The molecule has 23 heavy (non-hydrogen) atoms. The Balaban J connectivity index is 2.46. The summed E-state index contributed by atoms with van der Waals surface area (Å²) in [4.78, 5) is 0. The normalized spacial score (nSPS) is 11.0. The lowest BCUT2D eigenvalue weighted by molar-refractivity contribution is 0.308. The molecule has 0 aliphatic rings. The van der Waals surface area contributed by atoms with E-state index in [1.54, 1.807) is 7.11 Å². The molecule has 0 atom stereocenters. The van der Waals surface area contributed by atoms with E-state index in [-0.39, 0.29) is 0 Å². The van der Waals surface area contributed by atoms with Gasteiger partial charge in [-0.15, -0.1) is 0 Å². The summed E-state index contributed by atoms with van der Waals surface area (Å²) < 4.78 is 13.1. The van der Waals surface area contributed by atoms with Gasteiger partial charge in [0.25, 0.3) is 0 Å². The number of hydrogen-bond donors (Lipinski definition) is 0. The van der Waals surface area contributed by atoms with Crippen LogP contribution in [0.2, 0.25) is 0 Å². The number of methoxy groups -OCH3 is 1. The number of ether oxygens (including phenoxy) is 2. The van der Waals surface area contributed by atoms with Gasteiger partial charge in [0.2, 0.25) is 0 Å². The fourth-order valence-electron chi connectivity index (χ4n) is 2.08. The molecule has 2 rings (SSSR count). The highest BCUT2D eigenvalue weighted by Gasteiger charge is 2.11. The minimum Gasteiger partial charge on any atom is -0.493 e. The Kier molecular flexibility index (Phi) is 6.72. The first-order chi connectivity index (χ1) is 11.1. The average molecular weight is 531 g/mol. The molecule has 0 fully saturated rings. The molecular weight excluding hydrogens is 516 g/mol. The lowest BCUT2D eigenvalue weighted by Gasteiger charge is -2.12. The molecule has 5 heteroatoms. The van der Waals surface area contributed by atoms with Crippen molar-refractivity contribution in [2.75, 3.05) is 13.7 Å². The molecule has 2 aromatic carbocycles. The van der Waals surface area contributed by atoms with E-state index < -0.39 is 0 Å². The van der Waals surface area contributed by atoms with Crippen molar-refractivity contribution in [3.8, 4) is 17.6 Å². The molecule has 0 aliphatic carbocycles. The van der Waals surface area contributed by atoms with Gasteiger partial charge in [-0.3, -0.25) is 0 Å².